The molecule has 2 N–H and O–H groups in total. The monoisotopic (exact) mass is 361 g/mol. The molecule has 0 radical (unpaired) electrons. The van der Waals surface area contributed by atoms with E-state index in [4.69, 9.17) is 0 Å². The van der Waals surface area contributed by atoms with Crippen LogP contribution in [0.2, 0.25) is 0 Å². The van der Waals surface area contributed by atoms with Gasteiger partial charge in [-0.15, -0.1) is 10.2 Å². The summed E-state index contributed by atoms with van der Waals surface area (Å²) in [5.41, 5.74) is 3.19. The molecule has 2 aliphatic rings. The van der Waals surface area contributed by atoms with E-state index in [0.29, 0.717) is 23.2 Å². The third-order valence-electron chi connectivity index (χ3n) is 6.24. The van der Waals surface area contributed by atoms with Crippen molar-refractivity contribution in [1.29, 1.82) is 0 Å². The average molecular weight is 361 g/mol. The van der Waals surface area contributed by atoms with E-state index in [1.165, 1.54) is 12.8 Å². The van der Waals surface area contributed by atoms with Crippen LogP contribution in [-0.4, -0.2) is 38.6 Å². The molecule has 6 nitrogen and oxygen atoms in total. The van der Waals surface area contributed by atoms with Gasteiger partial charge in [-0.25, -0.2) is 0 Å². The smallest absolute Gasteiger partial charge is 0.151 e. The number of nitrogens with one attached hydrogen (secondary N) is 1. The molecule has 3 aromatic rings. The highest BCUT2D eigenvalue weighted by molar-refractivity contribution is 5.73. The lowest BCUT2D eigenvalue weighted by molar-refractivity contribution is 0.440. The topological polar surface area (TPSA) is 77.9 Å². The van der Waals surface area contributed by atoms with Gasteiger partial charge in [-0.3, -0.25) is 5.10 Å². The predicted octanol–water partition coefficient (Wildman–Crippen LogP) is 3.72. The maximum atomic E-state index is 10.5. The molecule has 2 aliphatic carbocycles. The zero-order chi connectivity index (χ0) is 18.5. The summed E-state index contributed by atoms with van der Waals surface area (Å²) < 4.78 is 0. The summed E-state index contributed by atoms with van der Waals surface area (Å²) >= 11 is 0. The second-order valence-corrected chi connectivity index (χ2v) is 7.97. The van der Waals surface area contributed by atoms with Crippen LogP contribution < -0.4 is 4.90 Å². The van der Waals surface area contributed by atoms with Crippen LogP contribution in [0.25, 0.3) is 22.4 Å². The first-order valence-corrected chi connectivity index (χ1v) is 9.51. The van der Waals surface area contributed by atoms with Crippen LogP contribution in [0.4, 0.5) is 5.82 Å². The van der Waals surface area contributed by atoms with E-state index in [9.17, 15) is 5.11 Å². The van der Waals surface area contributed by atoms with Crippen molar-refractivity contribution >= 4 is 5.82 Å². The van der Waals surface area contributed by atoms with Gasteiger partial charge in [0.1, 0.15) is 5.75 Å². The van der Waals surface area contributed by atoms with Crippen LogP contribution in [0, 0.1) is 17.8 Å². The van der Waals surface area contributed by atoms with Crippen molar-refractivity contribution < 1.29 is 5.11 Å². The van der Waals surface area contributed by atoms with Gasteiger partial charge in [-0.1, -0.05) is 13.0 Å². The molecule has 1 aromatic carbocycles. The van der Waals surface area contributed by atoms with Crippen LogP contribution in [0.1, 0.15) is 19.8 Å². The van der Waals surface area contributed by atoms with Gasteiger partial charge in [-0.2, -0.15) is 5.10 Å². The van der Waals surface area contributed by atoms with Crippen molar-refractivity contribution in [1.82, 2.24) is 20.4 Å². The average Bonchev–Trinajstić information content (AvgIpc) is 3.08. The summed E-state index contributed by atoms with van der Waals surface area (Å²) in [7, 11) is 2.13. The Bertz CT molecular complexity index is 951. The Morgan fingerprint density at radius 1 is 1.11 bits per heavy atom. The Balaban J connectivity index is 1.39. The lowest BCUT2D eigenvalue weighted by atomic mass is 9.99. The van der Waals surface area contributed by atoms with E-state index in [2.05, 4.69) is 39.3 Å². The van der Waals surface area contributed by atoms with Crippen LogP contribution in [0.3, 0.4) is 0 Å². The number of H-pyrrole nitrogens is 1. The molecular formula is C21H23N5O. The fraction of sp³-hybridized carbons (Fsp3) is 0.381. The minimum absolute atomic E-state index is 0.189. The number of aromatic nitrogens is 4. The Kier molecular flexibility index (Phi) is 3.67. The number of nitrogens with zero attached hydrogens (tertiary/aromatic N) is 4. The molecule has 0 spiro atoms. The number of hydrogen-bond acceptors (Lipinski definition) is 5. The number of rotatable bonds is 4. The maximum Gasteiger partial charge on any atom is 0.151 e. The second-order valence-electron chi connectivity index (χ2n) is 7.97. The highest BCUT2D eigenvalue weighted by Gasteiger charge is 2.53. The van der Waals surface area contributed by atoms with Crippen LogP contribution in [0.15, 0.2) is 42.7 Å². The zero-order valence-corrected chi connectivity index (χ0v) is 15.5. The first-order chi connectivity index (χ1) is 13.1. The van der Waals surface area contributed by atoms with Crippen molar-refractivity contribution in [2.45, 2.75) is 25.8 Å². The summed E-state index contributed by atoms with van der Waals surface area (Å²) in [6, 6.07) is 10.1. The number of anilines is 1. The molecule has 138 valence electrons. The number of aromatic hydroxyl groups is 1. The van der Waals surface area contributed by atoms with Crippen molar-refractivity contribution in [3.05, 3.63) is 42.7 Å². The summed E-state index contributed by atoms with van der Waals surface area (Å²) in [5, 5.41) is 26.0. The number of fused-ring (bicyclic) bond motifs is 1. The molecule has 27 heavy (non-hydrogen) atoms. The zero-order valence-electron chi connectivity index (χ0n) is 15.5. The molecule has 0 saturated heterocycles. The largest absolute Gasteiger partial charge is 0.507 e. The minimum atomic E-state index is 0.189. The maximum absolute atomic E-state index is 10.5. The lowest BCUT2D eigenvalue weighted by Crippen LogP contribution is -2.37. The molecule has 0 amide bonds. The number of aromatic amines is 1. The van der Waals surface area contributed by atoms with E-state index >= 15 is 0 Å². The summed E-state index contributed by atoms with van der Waals surface area (Å²) in [6.45, 7) is 2.34. The SMILES string of the molecule is C[C@H]1CC2C[C@@H]2[C@@H]1N(C)c1ccc(-c2ccc(-c3cn[nH]c3)cc2O)nn1. The molecule has 0 bridgehead atoms. The molecule has 1 unspecified atom stereocenters. The van der Waals surface area contributed by atoms with E-state index < -0.39 is 0 Å². The fourth-order valence-electron chi connectivity index (χ4n) is 4.81. The van der Waals surface area contributed by atoms with E-state index in [1.807, 2.05) is 24.3 Å². The minimum Gasteiger partial charge on any atom is -0.507 e. The lowest BCUT2D eigenvalue weighted by Gasteiger charge is -2.30. The van der Waals surface area contributed by atoms with Crippen molar-refractivity contribution in [3.8, 4) is 28.1 Å². The first kappa shape index (κ1) is 16.3. The van der Waals surface area contributed by atoms with Crippen molar-refractivity contribution in [2.75, 3.05) is 11.9 Å². The molecule has 6 heteroatoms. The fourth-order valence-corrected chi connectivity index (χ4v) is 4.81. The number of phenols is 1. The molecule has 2 heterocycles. The first-order valence-electron chi connectivity index (χ1n) is 9.51. The van der Waals surface area contributed by atoms with Gasteiger partial charge in [0, 0.05) is 30.4 Å². The van der Waals surface area contributed by atoms with Crippen molar-refractivity contribution in [2.24, 2.45) is 17.8 Å². The standard InChI is InChI=1S/C21H23N5O/c1-12-7-14-8-17(14)21(12)26(2)20-6-5-18(24-25-20)16-4-3-13(9-19(16)27)15-10-22-23-11-15/h3-6,9-12,14,17,21,27H,7-8H2,1-2H3,(H,22,23)/t12-,14?,17-,21+/m0/s1. The van der Waals surface area contributed by atoms with Gasteiger partial charge in [0.15, 0.2) is 5.82 Å². The van der Waals surface area contributed by atoms with Crippen LogP contribution in [0.5, 0.6) is 5.75 Å². The van der Waals surface area contributed by atoms with E-state index in [1.54, 1.807) is 18.5 Å². The van der Waals surface area contributed by atoms with Gasteiger partial charge < -0.3 is 10.0 Å². The van der Waals surface area contributed by atoms with Crippen LogP contribution in [-0.2, 0) is 0 Å². The van der Waals surface area contributed by atoms with Gasteiger partial charge in [0.05, 0.1) is 11.9 Å². The Morgan fingerprint density at radius 3 is 2.63 bits per heavy atom. The highest BCUT2D eigenvalue weighted by atomic mass is 16.3. The molecular weight excluding hydrogens is 338 g/mol. The molecule has 2 fully saturated rings. The van der Waals surface area contributed by atoms with Gasteiger partial charge in [0.25, 0.3) is 0 Å². The normalized spacial score (nSPS) is 26.0. The van der Waals surface area contributed by atoms with Gasteiger partial charge in [0.2, 0.25) is 0 Å². The quantitative estimate of drug-likeness (QED) is 0.740. The molecule has 4 atom stereocenters. The second kappa shape index (κ2) is 6.08. The molecule has 2 saturated carbocycles. The van der Waals surface area contributed by atoms with Gasteiger partial charge >= 0.3 is 0 Å². The molecule has 0 aliphatic heterocycles. The van der Waals surface area contributed by atoms with Crippen LogP contribution >= 0.6 is 0 Å². The summed E-state index contributed by atoms with van der Waals surface area (Å²) in [5.74, 6) is 3.54. The summed E-state index contributed by atoms with van der Waals surface area (Å²) in [6.07, 6.45) is 6.23. The van der Waals surface area contributed by atoms with E-state index in [0.717, 1.165) is 28.8 Å². The highest BCUT2D eigenvalue weighted by Crippen LogP contribution is 2.56. The molecule has 5 rings (SSSR count). The summed E-state index contributed by atoms with van der Waals surface area (Å²) in [4.78, 5) is 2.29. The predicted molar refractivity (Wildman–Crippen MR) is 104 cm³/mol. The molecule has 2 aromatic heterocycles. The Labute approximate surface area is 158 Å². The Hall–Kier alpha value is -2.89. The Morgan fingerprint density at radius 2 is 2.00 bits per heavy atom. The third-order valence-corrected chi connectivity index (χ3v) is 6.24. The number of phenolic OH excluding ortho intramolecular Hbond substituents is 1. The number of hydrogen-bond donors (Lipinski definition) is 2. The number of benzene rings is 1. The van der Waals surface area contributed by atoms with Gasteiger partial charge in [-0.05, 0) is 60.4 Å². The van der Waals surface area contributed by atoms with Crippen molar-refractivity contribution in [3.63, 3.8) is 0 Å². The third kappa shape index (κ3) is 2.76. The van der Waals surface area contributed by atoms with E-state index in [-0.39, 0.29) is 5.75 Å².